The molecule has 0 saturated carbocycles. The lowest BCUT2D eigenvalue weighted by Gasteiger charge is -2.27. The molecular weight excluding hydrogens is 374 g/mol. The molecule has 0 aliphatic carbocycles. The smallest absolute Gasteiger partial charge is 0.245 e. The molecule has 2 aromatic rings. The summed E-state index contributed by atoms with van der Waals surface area (Å²) in [5.41, 5.74) is 1.70. The molecule has 0 fully saturated rings. The van der Waals surface area contributed by atoms with Crippen molar-refractivity contribution >= 4 is 27.3 Å². The molecule has 2 rings (SSSR count). The summed E-state index contributed by atoms with van der Waals surface area (Å²) in [6.07, 6.45) is 1.01. The van der Waals surface area contributed by atoms with Gasteiger partial charge in [0.1, 0.15) is 18.2 Å². The highest BCUT2D eigenvalue weighted by Crippen LogP contribution is 2.32. The predicted molar refractivity (Wildman–Crippen MR) is 102 cm³/mol. The van der Waals surface area contributed by atoms with Gasteiger partial charge in [-0.1, -0.05) is 32.0 Å². The van der Waals surface area contributed by atoms with Gasteiger partial charge in [-0.3, -0.25) is 9.10 Å². The summed E-state index contributed by atoms with van der Waals surface area (Å²) in [7, 11) is -3.78. The Balaban J connectivity index is 2.38. The molecule has 0 aliphatic rings. The zero-order valence-electron chi connectivity index (χ0n) is 15.6. The maximum Gasteiger partial charge on any atom is 0.245 e. The van der Waals surface area contributed by atoms with Gasteiger partial charge in [0.2, 0.25) is 15.9 Å². The van der Waals surface area contributed by atoms with Gasteiger partial charge in [0.05, 0.1) is 17.6 Å². The number of para-hydroxylation sites is 1. The Morgan fingerprint density at radius 1 is 1.19 bits per heavy atom. The number of hydrogen-bond acceptors (Lipinski definition) is 3. The number of sulfonamides is 1. The highest BCUT2D eigenvalue weighted by atomic mass is 32.2. The number of amides is 1. The Morgan fingerprint density at radius 2 is 1.85 bits per heavy atom. The predicted octanol–water partition coefficient (Wildman–Crippen LogP) is 3.80. The van der Waals surface area contributed by atoms with Crippen molar-refractivity contribution in [2.75, 3.05) is 22.4 Å². The first-order valence-electron chi connectivity index (χ1n) is 8.33. The lowest BCUT2D eigenvalue weighted by molar-refractivity contribution is -0.114. The number of carbonyl (C=O) groups is 1. The molecule has 0 heterocycles. The average Bonchev–Trinajstić information content (AvgIpc) is 2.54. The van der Waals surface area contributed by atoms with Crippen molar-refractivity contribution in [3.05, 3.63) is 59.2 Å². The molecule has 0 unspecified atom stereocenters. The van der Waals surface area contributed by atoms with E-state index in [0.717, 1.165) is 28.3 Å². The number of carbonyl (C=O) groups excluding carboxylic acids is 1. The van der Waals surface area contributed by atoms with E-state index in [1.54, 1.807) is 13.0 Å². The Morgan fingerprint density at radius 3 is 2.41 bits per heavy atom. The minimum atomic E-state index is -3.78. The SMILES string of the molecule is Cc1cccc(C(C)C)c1N(CC(=O)Nc1ccc(F)cc1F)S(C)(=O)=O. The first-order valence-corrected chi connectivity index (χ1v) is 10.2. The maximum absolute atomic E-state index is 13.8. The van der Waals surface area contributed by atoms with E-state index in [9.17, 15) is 22.0 Å². The van der Waals surface area contributed by atoms with E-state index < -0.39 is 34.1 Å². The van der Waals surface area contributed by atoms with Crippen LogP contribution in [0.2, 0.25) is 0 Å². The van der Waals surface area contributed by atoms with E-state index in [1.807, 2.05) is 26.0 Å². The maximum atomic E-state index is 13.8. The van der Waals surface area contributed by atoms with E-state index >= 15 is 0 Å². The van der Waals surface area contributed by atoms with E-state index in [1.165, 1.54) is 0 Å². The molecule has 27 heavy (non-hydrogen) atoms. The fraction of sp³-hybridized carbons (Fsp3) is 0.316. The number of aryl methyl sites for hydroxylation is 1. The van der Waals surface area contributed by atoms with Gasteiger partial charge in [-0.2, -0.15) is 0 Å². The van der Waals surface area contributed by atoms with Crippen molar-refractivity contribution in [2.45, 2.75) is 26.7 Å². The number of nitrogens with zero attached hydrogens (tertiary/aromatic N) is 1. The lowest BCUT2D eigenvalue weighted by Crippen LogP contribution is -2.38. The molecule has 0 saturated heterocycles. The van der Waals surface area contributed by atoms with Crippen LogP contribution in [0.15, 0.2) is 36.4 Å². The van der Waals surface area contributed by atoms with Crippen LogP contribution in [-0.4, -0.2) is 27.1 Å². The summed E-state index contributed by atoms with van der Waals surface area (Å²) in [6, 6.07) is 8.12. The zero-order chi connectivity index (χ0) is 20.4. The van der Waals surface area contributed by atoms with Crippen LogP contribution in [-0.2, 0) is 14.8 Å². The van der Waals surface area contributed by atoms with Crippen molar-refractivity contribution in [2.24, 2.45) is 0 Å². The number of nitrogens with one attached hydrogen (secondary N) is 1. The Hall–Kier alpha value is -2.48. The minimum Gasteiger partial charge on any atom is -0.322 e. The Bertz CT molecular complexity index is 959. The third-order valence-corrected chi connectivity index (χ3v) is 5.15. The van der Waals surface area contributed by atoms with Crippen molar-refractivity contribution in [3.63, 3.8) is 0 Å². The van der Waals surface area contributed by atoms with Gasteiger partial charge in [0, 0.05) is 6.07 Å². The number of benzene rings is 2. The van der Waals surface area contributed by atoms with E-state index in [-0.39, 0.29) is 11.6 Å². The van der Waals surface area contributed by atoms with Crippen LogP contribution in [0.1, 0.15) is 30.9 Å². The molecule has 1 N–H and O–H groups in total. The Labute approximate surface area is 158 Å². The summed E-state index contributed by atoms with van der Waals surface area (Å²) in [5.74, 6) is -2.41. The van der Waals surface area contributed by atoms with Gasteiger partial charge in [0.15, 0.2) is 0 Å². The molecule has 8 heteroatoms. The molecule has 0 atom stereocenters. The van der Waals surface area contributed by atoms with Crippen LogP contribution < -0.4 is 9.62 Å². The van der Waals surface area contributed by atoms with Gasteiger partial charge in [-0.15, -0.1) is 0 Å². The van der Waals surface area contributed by atoms with Crippen LogP contribution >= 0.6 is 0 Å². The molecule has 0 radical (unpaired) electrons. The first-order chi connectivity index (χ1) is 12.5. The number of hydrogen-bond donors (Lipinski definition) is 1. The van der Waals surface area contributed by atoms with Crippen LogP contribution in [0, 0.1) is 18.6 Å². The summed E-state index contributed by atoms with van der Waals surface area (Å²) in [5, 5.41) is 2.29. The van der Waals surface area contributed by atoms with E-state index in [4.69, 9.17) is 0 Å². The van der Waals surface area contributed by atoms with E-state index in [2.05, 4.69) is 5.32 Å². The standard InChI is InChI=1S/C19H22F2N2O3S/c1-12(2)15-7-5-6-13(3)19(15)23(27(4,25)26)11-18(24)22-17-9-8-14(20)10-16(17)21/h5-10,12H,11H2,1-4H3,(H,22,24). The Kier molecular flexibility index (Phi) is 6.20. The molecule has 0 spiro atoms. The molecule has 146 valence electrons. The van der Waals surface area contributed by atoms with Crippen molar-refractivity contribution < 1.29 is 22.0 Å². The van der Waals surface area contributed by atoms with Crippen LogP contribution in [0.25, 0.3) is 0 Å². The van der Waals surface area contributed by atoms with Crippen LogP contribution in [0.4, 0.5) is 20.2 Å². The van der Waals surface area contributed by atoms with Crippen LogP contribution in [0.3, 0.4) is 0 Å². The summed E-state index contributed by atoms with van der Waals surface area (Å²) in [6.45, 7) is 5.08. The van der Waals surface area contributed by atoms with Crippen molar-refractivity contribution in [1.82, 2.24) is 0 Å². The third kappa shape index (κ3) is 5.03. The number of anilines is 2. The number of rotatable bonds is 6. The third-order valence-electron chi connectivity index (χ3n) is 4.03. The largest absolute Gasteiger partial charge is 0.322 e. The summed E-state index contributed by atoms with van der Waals surface area (Å²) >= 11 is 0. The van der Waals surface area contributed by atoms with Gasteiger partial charge in [0.25, 0.3) is 0 Å². The fourth-order valence-corrected chi connectivity index (χ4v) is 3.69. The number of halogens is 2. The van der Waals surface area contributed by atoms with Gasteiger partial charge >= 0.3 is 0 Å². The molecule has 1 amide bonds. The average molecular weight is 396 g/mol. The minimum absolute atomic E-state index is 0.0294. The van der Waals surface area contributed by atoms with Gasteiger partial charge < -0.3 is 5.32 Å². The first kappa shape index (κ1) is 20.8. The molecule has 0 aliphatic heterocycles. The summed E-state index contributed by atoms with van der Waals surface area (Å²) < 4.78 is 52.5. The normalized spacial score (nSPS) is 11.5. The van der Waals surface area contributed by atoms with E-state index in [0.29, 0.717) is 17.3 Å². The monoisotopic (exact) mass is 396 g/mol. The molecule has 0 bridgehead atoms. The second-order valence-corrected chi connectivity index (χ2v) is 8.52. The van der Waals surface area contributed by atoms with Gasteiger partial charge in [-0.25, -0.2) is 17.2 Å². The molecule has 0 aromatic heterocycles. The fourth-order valence-electron chi connectivity index (χ4n) is 2.76. The van der Waals surface area contributed by atoms with Crippen molar-refractivity contribution in [1.29, 1.82) is 0 Å². The topological polar surface area (TPSA) is 66.5 Å². The highest BCUT2D eigenvalue weighted by Gasteiger charge is 2.26. The van der Waals surface area contributed by atoms with Gasteiger partial charge in [-0.05, 0) is 36.1 Å². The second-order valence-electron chi connectivity index (χ2n) is 6.61. The highest BCUT2D eigenvalue weighted by molar-refractivity contribution is 7.92. The molecule has 5 nitrogen and oxygen atoms in total. The zero-order valence-corrected chi connectivity index (χ0v) is 16.4. The second kappa shape index (κ2) is 8.04. The van der Waals surface area contributed by atoms with Crippen LogP contribution in [0.5, 0.6) is 0 Å². The summed E-state index contributed by atoms with van der Waals surface area (Å²) in [4.78, 5) is 12.4. The molecule has 2 aromatic carbocycles. The molecular formula is C19H22F2N2O3S. The quantitative estimate of drug-likeness (QED) is 0.808. The lowest BCUT2D eigenvalue weighted by atomic mass is 9.98. The van der Waals surface area contributed by atoms with Crippen molar-refractivity contribution in [3.8, 4) is 0 Å².